The van der Waals surface area contributed by atoms with Crippen LogP contribution in [-0.2, 0) is 11.3 Å². The number of ether oxygens (including phenoxy) is 2. The molecule has 0 saturated heterocycles. The van der Waals surface area contributed by atoms with Crippen molar-refractivity contribution in [3.63, 3.8) is 0 Å². The monoisotopic (exact) mass is 558 g/mol. The van der Waals surface area contributed by atoms with Gasteiger partial charge in [0.05, 0.1) is 19.2 Å². The molecule has 220 valence electrons. The van der Waals surface area contributed by atoms with Gasteiger partial charge in [0.2, 0.25) is 11.8 Å². The summed E-state index contributed by atoms with van der Waals surface area (Å²) in [5.74, 6) is 1.92. The van der Waals surface area contributed by atoms with Crippen molar-refractivity contribution in [2.75, 3.05) is 39.3 Å². The Morgan fingerprint density at radius 2 is 1.78 bits per heavy atom. The van der Waals surface area contributed by atoms with Gasteiger partial charge in [0.25, 0.3) is 0 Å². The predicted octanol–water partition coefficient (Wildman–Crippen LogP) is 6.38. The molecule has 1 amide bonds. The molecule has 2 aromatic carbocycles. The van der Waals surface area contributed by atoms with Gasteiger partial charge < -0.3 is 14.8 Å². The molecule has 2 heterocycles. The number of hydrogen-bond donors (Lipinski definition) is 1. The Balaban J connectivity index is 1.51. The van der Waals surface area contributed by atoms with Gasteiger partial charge in [-0.25, -0.2) is 4.98 Å². The fourth-order valence-corrected chi connectivity index (χ4v) is 5.36. The molecule has 0 saturated carbocycles. The predicted molar refractivity (Wildman–Crippen MR) is 164 cm³/mol. The average Bonchev–Trinajstić information content (AvgIpc) is 2.96. The normalized spacial score (nSPS) is 16.5. The quantitative estimate of drug-likeness (QED) is 0.346. The van der Waals surface area contributed by atoms with Crippen molar-refractivity contribution >= 4 is 5.91 Å². The summed E-state index contributed by atoms with van der Waals surface area (Å²) in [6.07, 6.45) is 3.66. The smallest absolute Gasteiger partial charge is 0.234 e. The van der Waals surface area contributed by atoms with Crippen LogP contribution in [0.2, 0.25) is 0 Å². The first-order valence-corrected chi connectivity index (χ1v) is 14.9. The van der Waals surface area contributed by atoms with E-state index in [1.165, 1.54) is 11.1 Å². The fraction of sp³-hybridized carbons (Fsp3) is 0.471. The third kappa shape index (κ3) is 8.78. The van der Waals surface area contributed by atoms with Gasteiger partial charge in [-0.15, -0.1) is 0 Å². The summed E-state index contributed by atoms with van der Waals surface area (Å²) in [6.45, 7) is 15.5. The van der Waals surface area contributed by atoms with Crippen LogP contribution in [0, 0.1) is 12.3 Å². The van der Waals surface area contributed by atoms with Crippen LogP contribution in [0.1, 0.15) is 63.3 Å². The Kier molecular flexibility index (Phi) is 10.8. The van der Waals surface area contributed by atoms with Crippen molar-refractivity contribution in [3.05, 3.63) is 83.6 Å². The number of hydrogen-bond acceptors (Lipinski definition) is 6. The van der Waals surface area contributed by atoms with E-state index in [0.29, 0.717) is 43.6 Å². The molecule has 0 aliphatic carbocycles. The van der Waals surface area contributed by atoms with E-state index in [9.17, 15) is 4.79 Å². The number of carbonyl (C=O) groups is 1. The third-order valence-corrected chi connectivity index (χ3v) is 7.82. The lowest BCUT2D eigenvalue weighted by atomic mass is 9.88. The number of rotatable bonds is 8. The molecule has 1 aliphatic rings. The summed E-state index contributed by atoms with van der Waals surface area (Å²) in [4.78, 5) is 22.5. The van der Waals surface area contributed by atoms with E-state index in [1.54, 1.807) is 6.20 Å². The molecule has 0 radical (unpaired) electrons. The summed E-state index contributed by atoms with van der Waals surface area (Å²) < 4.78 is 12.5. The Morgan fingerprint density at radius 1 is 1.05 bits per heavy atom. The standard InChI is InChI=1S/C34H46N4O3/c1-6-38(7-2)29(27-17-15-26(3)16-18-27)22-36-32(39)24-37-21-11-19-34(4,5)25-40-30-13-8-9-14-31(30)41-33-28(23-37)12-10-20-35-33/h8-10,12-18,20,29H,6-7,11,19,21-25H2,1-5H3,(H,36,39). The van der Waals surface area contributed by atoms with Crippen LogP contribution in [0.4, 0.5) is 0 Å². The van der Waals surface area contributed by atoms with Gasteiger partial charge in [0.15, 0.2) is 11.5 Å². The summed E-state index contributed by atoms with van der Waals surface area (Å²) in [7, 11) is 0. The van der Waals surface area contributed by atoms with E-state index in [2.05, 4.69) is 79.0 Å². The first-order chi connectivity index (χ1) is 19.8. The Bertz CT molecular complexity index is 1260. The lowest BCUT2D eigenvalue weighted by molar-refractivity contribution is -0.122. The van der Waals surface area contributed by atoms with Crippen molar-refractivity contribution in [3.8, 4) is 17.4 Å². The molecule has 1 N–H and O–H groups in total. The SMILES string of the molecule is CCN(CC)C(CNC(=O)CN1CCCC(C)(C)COc2ccccc2Oc2ncccc2C1)c1ccc(C)cc1. The number of para-hydroxylation sites is 2. The van der Waals surface area contributed by atoms with E-state index in [4.69, 9.17) is 9.47 Å². The molecule has 1 aliphatic heterocycles. The highest BCUT2D eigenvalue weighted by molar-refractivity contribution is 5.78. The number of pyridine rings is 1. The van der Waals surface area contributed by atoms with Gasteiger partial charge in [-0.05, 0) is 68.6 Å². The Labute approximate surface area is 245 Å². The van der Waals surface area contributed by atoms with Crippen molar-refractivity contribution in [1.29, 1.82) is 0 Å². The second kappa shape index (κ2) is 14.5. The molecule has 0 bridgehead atoms. The molecule has 0 fully saturated rings. The van der Waals surface area contributed by atoms with Crippen LogP contribution in [-0.4, -0.2) is 60.0 Å². The molecule has 41 heavy (non-hydrogen) atoms. The summed E-state index contributed by atoms with van der Waals surface area (Å²) in [5, 5.41) is 3.25. The van der Waals surface area contributed by atoms with Crippen LogP contribution in [0.5, 0.6) is 17.4 Å². The molecule has 1 aromatic heterocycles. The van der Waals surface area contributed by atoms with Crippen molar-refractivity contribution in [2.24, 2.45) is 5.41 Å². The zero-order valence-corrected chi connectivity index (χ0v) is 25.4. The maximum Gasteiger partial charge on any atom is 0.234 e. The van der Waals surface area contributed by atoms with Crippen LogP contribution < -0.4 is 14.8 Å². The molecule has 7 nitrogen and oxygen atoms in total. The number of fused-ring (bicyclic) bond motifs is 2. The fourth-order valence-electron chi connectivity index (χ4n) is 5.36. The Morgan fingerprint density at radius 3 is 2.51 bits per heavy atom. The Hall–Kier alpha value is -3.42. The molecule has 0 spiro atoms. The maximum absolute atomic E-state index is 13.4. The van der Waals surface area contributed by atoms with Crippen LogP contribution >= 0.6 is 0 Å². The highest BCUT2D eigenvalue weighted by Crippen LogP contribution is 2.34. The summed E-state index contributed by atoms with van der Waals surface area (Å²) >= 11 is 0. The van der Waals surface area contributed by atoms with Crippen LogP contribution in [0.15, 0.2) is 66.9 Å². The lowest BCUT2D eigenvalue weighted by Gasteiger charge is -2.31. The van der Waals surface area contributed by atoms with E-state index in [1.807, 2.05) is 36.4 Å². The maximum atomic E-state index is 13.4. The van der Waals surface area contributed by atoms with E-state index in [-0.39, 0.29) is 17.4 Å². The number of aromatic nitrogens is 1. The molecule has 1 atom stereocenters. The summed E-state index contributed by atoms with van der Waals surface area (Å²) in [6, 6.07) is 20.4. The van der Waals surface area contributed by atoms with Gasteiger partial charge >= 0.3 is 0 Å². The zero-order valence-electron chi connectivity index (χ0n) is 25.4. The zero-order chi connectivity index (χ0) is 29.2. The van der Waals surface area contributed by atoms with Crippen LogP contribution in [0.25, 0.3) is 0 Å². The first-order valence-electron chi connectivity index (χ1n) is 14.9. The molecule has 7 heteroatoms. The van der Waals surface area contributed by atoms with Crippen molar-refractivity contribution in [1.82, 2.24) is 20.1 Å². The second-order valence-corrected chi connectivity index (χ2v) is 11.7. The minimum absolute atomic E-state index is 0.0226. The lowest BCUT2D eigenvalue weighted by Crippen LogP contribution is -2.42. The number of benzene rings is 2. The number of amides is 1. The molecular weight excluding hydrogens is 512 g/mol. The van der Waals surface area contributed by atoms with Gasteiger partial charge in [-0.1, -0.05) is 75.7 Å². The van der Waals surface area contributed by atoms with Gasteiger partial charge in [-0.2, -0.15) is 0 Å². The number of nitrogens with zero attached hydrogens (tertiary/aromatic N) is 3. The van der Waals surface area contributed by atoms with Crippen molar-refractivity contribution < 1.29 is 14.3 Å². The first kappa shape index (κ1) is 30.5. The number of nitrogens with one attached hydrogen (secondary N) is 1. The second-order valence-electron chi connectivity index (χ2n) is 11.7. The van der Waals surface area contributed by atoms with E-state index in [0.717, 1.165) is 38.0 Å². The molecule has 3 aromatic rings. The highest BCUT2D eigenvalue weighted by atomic mass is 16.5. The largest absolute Gasteiger partial charge is 0.489 e. The van der Waals surface area contributed by atoms with Crippen LogP contribution in [0.3, 0.4) is 0 Å². The number of aryl methyl sites for hydroxylation is 1. The third-order valence-electron chi connectivity index (χ3n) is 7.82. The average molecular weight is 559 g/mol. The molecule has 4 rings (SSSR count). The van der Waals surface area contributed by atoms with Gasteiger partial charge in [0.1, 0.15) is 0 Å². The number of carbonyl (C=O) groups excluding carboxylic acids is 1. The van der Waals surface area contributed by atoms with Crippen molar-refractivity contribution in [2.45, 2.75) is 60.0 Å². The molecule has 1 unspecified atom stereocenters. The molecular formula is C34H46N4O3. The highest BCUT2D eigenvalue weighted by Gasteiger charge is 2.24. The van der Waals surface area contributed by atoms with Gasteiger partial charge in [0, 0.05) is 24.8 Å². The van der Waals surface area contributed by atoms with E-state index < -0.39 is 0 Å². The summed E-state index contributed by atoms with van der Waals surface area (Å²) in [5.41, 5.74) is 3.38. The van der Waals surface area contributed by atoms with E-state index >= 15 is 0 Å². The number of likely N-dealkylation sites (N-methyl/N-ethyl adjacent to an activating group) is 1. The topological polar surface area (TPSA) is 66.9 Å². The minimum atomic E-state index is -0.0226. The van der Waals surface area contributed by atoms with Gasteiger partial charge in [-0.3, -0.25) is 14.6 Å². The minimum Gasteiger partial charge on any atom is -0.489 e.